The topological polar surface area (TPSA) is 69.6 Å². The van der Waals surface area contributed by atoms with Crippen molar-refractivity contribution in [1.82, 2.24) is 25.0 Å². The average molecular weight is 448 g/mol. The largest absolute Gasteiger partial charge is 0.424 e. The first-order valence-electron chi connectivity index (χ1n) is 10.8. The van der Waals surface area contributed by atoms with E-state index >= 15 is 0 Å². The summed E-state index contributed by atoms with van der Waals surface area (Å²) in [6.45, 7) is 11.4. The molecule has 0 radical (unpaired) electrons. The molecule has 0 bridgehead atoms. The van der Waals surface area contributed by atoms with E-state index in [-0.39, 0.29) is 11.3 Å². The van der Waals surface area contributed by atoms with Gasteiger partial charge in [0.1, 0.15) is 0 Å². The van der Waals surface area contributed by atoms with Crippen LogP contribution >= 0.6 is 11.8 Å². The van der Waals surface area contributed by atoms with Crippen molar-refractivity contribution in [3.63, 3.8) is 0 Å². The molecule has 0 saturated heterocycles. The fraction of sp³-hybridized carbons (Fsp3) is 0.360. The molecule has 0 saturated carbocycles. The van der Waals surface area contributed by atoms with Crippen molar-refractivity contribution in [3.8, 4) is 11.4 Å². The van der Waals surface area contributed by atoms with Crippen LogP contribution in [0.15, 0.2) is 64.2 Å². The third-order valence-electron chi connectivity index (χ3n) is 5.21. The van der Waals surface area contributed by atoms with Crippen LogP contribution in [-0.4, -0.2) is 25.0 Å². The van der Waals surface area contributed by atoms with Crippen LogP contribution in [0.5, 0.6) is 0 Å². The first-order valence-corrected chi connectivity index (χ1v) is 11.8. The van der Waals surface area contributed by atoms with Crippen LogP contribution in [0.4, 0.5) is 0 Å². The van der Waals surface area contributed by atoms with E-state index in [2.05, 4.69) is 94.3 Å². The summed E-state index contributed by atoms with van der Waals surface area (Å²) >= 11 is 1.56. The minimum Gasteiger partial charge on any atom is -0.424 e. The quantitative estimate of drug-likeness (QED) is 0.319. The molecule has 0 N–H and O–H groups in total. The van der Waals surface area contributed by atoms with Crippen molar-refractivity contribution in [1.29, 1.82) is 0 Å². The molecule has 0 atom stereocenters. The molecule has 0 aliphatic heterocycles. The van der Waals surface area contributed by atoms with E-state index in [4.69, 9.17) is 4.42 Å². The highest BCUT2D eigenvalue weighted by atomic mass is 32.2. The zero-order valence-corrected chi connectivity index (χ0v) is 20.1. The smallest absolute Gasteiger partial charge is 0.226 e. The summed E-state index contributed by atoms with van der Waals surface area (Å²) in [4.78, 5) is 0. The van der Waals surface area contributed by atoms with Crippen molar-refractivity contribution >= 4 is 11.8 Å². The Kier molecular flexibility index (Phi) is 6.46. The molecule has 166 valence electrons. The Bertz CT molecular complexity index is 1160. The van der Waals surface area contributed by atoms with Crippen LogP contribution in [-0.2, 0) is 17.7 Å². The molecule has 0 unspecified atom stereocenters. The second-order valence-corrected chi connectivity index (χ2v) is 10.1. The SMILES string of the molecule is CC(C)c1nnc(CSc2nnc(-c3ccc(C(C)(C)C)cc3)n2Cc2ccccc2)o1. The average Bonchev–Trinajstić information content (AvgIpc) is 3.40. The van der Waals surface area contributed by atoms with Gasteiger partial charge >= 0.3 is 0 Å². The normalized spacial score (nSPS) is 11.9. The summed E-state index contributed by atoms with van der Waals surface area (Å²) in [6.07, 6.45) is 0. The molecule has 2 heterocycles. The van der Waals surface area contributed by atoms with Gasteiger partial charge in [0.05, 0.1) is 12.3 Å². The van der Waals surface area contributed by atoms with Gasteiger partial charge in [-0.1, -0.05) is 101 Å². The van der Waals surface area contributed by atoms with Crippen molar-refractivity contribution in [2.75, 3.05) is 0 Å². The Balaban J connectivity index is 1.63. The van der Waals surface area contributed by atoms with E-state index in [9.17, 15) is 0 Å². The van der Waals surface area contributed by atoms with E-state index in [1.807, 2.05) is 19.9 Å². The van der Waals surface area contributed by atoms with Gasteiger partial charge in [0.15, 0.2) is 11.0 Å². The standard InChI is InChI=1S/C25H29N5OS/c1-17(2)23-28-26-21(31-23)16-32-24-29-27-22(30(24)15-18-9-7-6-8-10-18)19-11-13-20(14-12-19)25(3,4)5/h6-14,17H,15-16H2,1-5H3. The highest BCUT2D eigenvalue weighted by Gasteiger charge is 2.18. The molecule has 2 aromatic heterocycles. The van der Waals surface area contributed by atoms with Gasteiger partial charge in [-0.3, -0.25) is 4.57 Å². The van der Waals surface area contributed by atoms with Crippen LogP contribution in [0.3, 0.4) is 0 Å². The second-order valence-electron chi connectivity index (χ2n) is 9.18. The Morgan fingerprint density at radius 2 is 1.62 bits per heavy atom. The number of rotatable bonds is 7. The number of thioether (sulfide) groups is 1. The van der Waals surface area contributed by atoms with Gasteiger partial charge < -0.3 is 4.42 Å². The molecule has 6 nitrogen and oxygen atoms in total. The number of nitrogens with zero attached hydrogens (tertiary/aromatic N) is 5. The summed E-state index contributed by atoms with van der Waals surface area (Å²) < 4.78 is 7.92. The maximum Gasteiger partial charge on any atom is 0.226 e. The Morgan fingerprint density at radius 3 is 2.25 bits per heavy atom. The third-order valence-corrected chi connectivity index (χ3v) is 6.16. The summed E-state index contributed by atoms with van der Waals surface area (Å²) in [6, 6.07) is 19.0. The van der Waals surface area contributed by atoms with E-state index in [0.29, 0.717) is 24.1 Å². The molecule has 7 heteroatoms. The molecule has 4 rings (SSSR count). The first kappa shape index (κ1) is 22.3. The minimum absolute atomic E-state index is 0.107. The molecular formula is C25H29N5OS. The summed E-state index contributed by atoms with van der Waals surface area (Å²) in [5.74, 6) is 2.88. The van der Waals surface area contributed by atoms with Crippen LogP contribution in [0.1, 0.15) is 63.4 Å². The third kappa shape index (κ3) is 5.10. The van der Waals surface area contributed by atoms with E-state index in [1.165, 1.54) is 11.1 Å². The lowest BCUT2D eigenvalue weighted by molar-refractivity contribution is 0.445. The lowest BCUT2D eigenvalue weighted by Gasteiger charge is -2.19. The fourth-order valence-corrected chi connectivity index (χ4v) is 4.10. The minimum atomic E-state index is 0.107. The van der Waals surface area contributed by atoms with Crippen molar-refractivity contribution in [2.24, 2.45) is 0 Å². The van der Waals surface area contributed by atoms with Gasteiger partial charge in [0.2, 0.25) is 11.8 Å². The molecule has 0 aliphatic carbocycles. The Morgan fingerprint density at radius 1 is 0.906 bits per heavy atom. The van der Waals surface area contributed by atoms with Crippen LogP contribution < -0.4 is 0 Å². The predicted molar refractivity (Wildman–Crippen MR) is 128 cm³/mol. The van der Waals surface area contributed by atoms with Crippen molar-refractivity contribution < 1.29 is 4.42 Å². The summed E-state index contributed by atoms with van der Waals surface area (Å²) in [5.41, 5.74) is 3.65. The highest BCUT2D eigenvalue weighted by molar-refractivity contribution is 7.98. The van der Waals surface area contributed by atoms with Crippen molar-refractivity contribution in [2.45, 2.75) is 63.4 Å². The van der Waals surface area contributed by atoms with E-state index in [1.54, 1.807) is 11.8 Å². The zero-order valence-electron chi connectivity index (χ0n) is 19.2. The Labute approximate surface area is 193 Å². The molecule has 0 amide bonds. The van der Waals surface area contributed by atoms with Gasteiger partial charge in [-0.25, -0.2) is 0 Å². The molecule has 32 heavy (non-hydrogen) atoms. The number of hydrogen-bond donors (Lipinski definition) is 0. The molecule has 0 spiro atoms. The van der Waals surface area contributed by atoms with E-state index < -0.39 is 0 Å². The molecule has 4 aromatic rings. The maximum atomic E-state index is 5.76. The van der Waals surface area contributed by atoms with Gasteiger partial charge in [0, 0.05) is 11.5 Å². The lowest BCUT2D eigenvalue weighted by Crippen LogP contribution is -2.10. The molecule has 0 aliphatic rings. The predicted octanol–water partition coefficient (Wildman–Crippen LogP) is 6.09. The van der Waals surface area contributed by atoms with Crippen LogP contribution in [0, 0.1) is 0 Å². The molecule has 2 aromatic carbocycles. The van der Waals surface area contributed by atoms with Gasteiger partial charge in [-0.2, -0.15) is 0 Å². The highest BCUT2D eigenvalue weighted by Crippen LogP contribution is 2.29. The maximum absolute atomic E-state index is 5.76. The first-order chi connectivity index (χ1) is 15.3. The van der Waals surface area contributed by atoms with Crippen molar-refractivity contribution in [3.05, 3.63) is 77.5 Å². The fourth-order valence-electron chi connectivity index (χ4n) is 3.32. The van der Waals surface area contributed by atoms with Crippen LogP contribution in [0.25, 0.3) is 11.4 Å². The monoisotopic (exact) mass is 447 g/mol. The van der Waals surface area contributed by atoms with Crippen LogP contribution in [0.2, 0.25) is 0 Å². The summed E-state index contributed by atoms with van der Waals surface area (Å²) in [5, 5.41) is 18.2. The second kappa shape index (κ2) is 9.28. The number of benzene rings is 2. The van der Waals surface area contributed by atoms with Gasteiger partial charge in [-0.05, 0) is 16.5 Å². The van der Waals surface area contributed by atoms with Gasteiger partial charge in [0.25, 0.3) is 0 Å². The lowest BCUT2D eigenvalue weighted by atomic mass is 9.87. The van der Waals surface area contributed by atoms with E-state index in [0.717, 1.165) is 16.5 Å². The van der Waals surface area contributed by atoms with Gasteiger partial charge in [-0.15, -0.1) is 20.4 Å². The Hall–Kier alpha value is -2.93. The number of hydrogen-bond acceptors (Lipinski definition) is 6. The zero-order chi connectivity index (χ0) is 22.7. The molecular weight excluding hydrogens is 418 g/mol. The summed E-state index contributed by atoms with van der Waals surface area (Å²) in [7, 11) is 0. The number of aromatic nitrogens is 5. The molecule has 0 fully saturated rings.